The summed E-state index contributed by atoms with van der Waals surface area (Å²) in [6.45, 7) is 10.3. The first-order valence-corrected chi connectivity index (χ1v) is 10.4. The van der Waals surface area contributed by atoms with Gasteiger partial charge < -0.3 is 18.8 Å². The van der Waals surface area contributed by atoms with Crippen molar-refractivity contribution in [3.05, 3.63) is 59.5 Å². The molecule has 4 rings (SSSR count). The molecule has 0 unspecified atom stereocenters. The van der Waals surface area contributed by atoms with Crippen LogP contribution in [0.3, 0.4) is 0 Å². The van der Waals surface area contributed by atoms with Crippen molar-refractivity contribution in [2.45, 2.75) is 13.8 Å². The van der Waals surface area contributed by atoms with Crippen molar-refractivity contribution < 1.29 is 18.8 Å². The number of morpholine rings is 1. The van der Waals surface area contributed by atoms with E-state index in [1.807, 2.05) is 25.1 Å². The molecule has 152 valence electrons. The number of rotatable bonds is 6. The second-order valence-corrected chi connectivity index (χ2v) is 7.45. The topological polar surface area (TPSA) is 48.4 Å². The third-order valence-electron chi connectivity index (χ3n) is 5.31. The molecule has 0 aliphatic carbocycles. The predicted molar refractivity (Wildman–Crippen MR) is 114 cm³/mol. The fourth-order valence-corrected chi connectivity index (χ4v) is 3.64. The molecule has 1 N–H and O–H groups in total. The molecule has 3 aromatic rings. The van der Waals surface area contributed by atoms with E-state index in [2.05, 4.69) is 37.3 Å². The number of nitrogens with zero attached hydrogens (tertiary/aromatic N) is 1. The highest BCUT2D eigenvalue weighted by Crippen LogP contribution is 2.25. The standard InChI is InChI=1S/C24H28N2O3/c1-3-28-20-8-9-23-21(16-20)22(25-10-11-26-12-14-27-15-13-26)17-24(29-23)19-6-4-18(2)5-7-19/h4-9,16-17H,3,10-15H2,1-2H3/p+1. The first-order chi connectivity index (χ1) is 14.2. The minimum absolute atomic E-state index is 0.636. The summed E-state index contributed by atoms with van der Waals surface area (Å²) in [5, 5.41) is 1.94. The number of fused-ring (bicyclic) bond motifs is 1. The largest absolute Gasteiger partial charge is 0.494 e. The third-order valence-corrected chi connectivity index (χ3v) is 5.31. The highest BCUT2D eigenvalue weighted by atomic mass is 16.5. The second kappa shape index (κ2) is 9.25. The quantitative estimate of drug-likeness (QED) is 0.700. The molecule has 0 bridgehead atoms. The Bertz CT molecular complexity index is 1020. The molecular weight excluding hydrogens is 364 g/mol. The molecule has 0 spiro atoms. The maximum absolute atomic E-state index is 6.22. The molecule has 5 heteroatoms. The van der Waals surface area contributed by atoms with E-state index in [4.69, 9.17) is 18.9 Å². The van der Waals surface area contributed by atoms with Crippen molar-refractivity contribution in [2.75, 3.05) is 46.0 Å². The molecule has 1 fully saturated rings. The van der Waals surface area contributed by atoms with Crippen molar-refractivity contribution in [1.29, 1.82) is 0 Å². The van der Waals surface area contributed by atoms with Gasteiger partial charge in [-0.25, -0.2) is 0 Å². The van der Waals surface area contributed by atoms with Gasteiger partial charge >= 0.3 is 0 Å². The highest BCUT2D eigenvalue weighted by Gasteiger charge is 2.13. The lowest BCUT2D eigenvalue weighted by Crippen LogP contribution is -3.14. The molecule has 1 aliphatic rings. The summed E-state index contributed by atoms with van der Waals surface area (Å²) in [6, 6.07) is 16.4. The molecule has 0 atom stereocenters. The molecule has 1 aliphatic heterocycles. The Morgan fingerprint density at radius 1 is 1.03 bits per heavy atom. The van der Waals surface area contributed by atoms with Crippen LogP contribution in [0.4, 0.5) is 0 Å². The van der Waals surface area contributed by atoms with E-state index in [1.54, 1.807) is 4.90 Å². The molecule has 0 saturated carbocycles. The summed E-state index contributed by atoms with van der Waals surface area (Å²) >= 11 is 0. The van der Waals surface area contributed by atoms with E-state index in [0.29, 0.717) is 6.61 Å². The van der Waals surface area contributed by atoms with E-state index in [1.165, 1.54) is 5.56 Å². The smallest absolute Gasteiger partial charge is 0.137 e. The minimum Gasteiger partial charge on any atom is -0.494 e. The van der Waals surface area contributed by atoms with Gasteiger partial charge in [-0.05, 0) is 32.0 Å². The van der Waals surface area contributed by atoms with Crippen LogP contribution in [0.15, 0.2) is 57.9 Å². The van der Waals surface area contributed by atoms with E-state index in [9.17, 15) is 0 Å². The summed E-state index contributed by atoms with van der Waals surface area (Å²) in [6.07, 6.45) is 0. The lowest BCUT2D eigenvalue weighted by molar-refractivity contribution is -0.906. The molecule has 0 amide bonds. The van der Waals surface area contributed by atoms with Crippen molar-refractivity contribution >= 4 is 11.0 Å². The van der Waals surface area contributed by atoms with Crippen LogP contribution in [0.5, 0.6) is 5.75 Å². The van der Waals surface area contributed by atoms with Gasteiger partial charge in [0.2, 0.25) is 0 Å². The normalized spacial score (nSPS) is 15.7. The highest BCUT2D eigenvalue weighted by molar-refractivity contribution is 5.80. The van der Waals surface area contributed by atoms with E-state index in [0.717, 1.165) is 72.8 Å². The molecular formula is C24H29N2O3+. The van der Waals surface area contributed by atoms with Crippen LogP contribution in [0.2, 0.25) is 0 Å². The van der Waals surface area contributed by atoms with Gasteiger partial charge in [0.25, 0.3) is 0 Å². The van der Waals surface area contributed by atoms with Crippen LogP contribution in [-0.2, 0) is 4.74 Å². The molecule has 5 nitrogen and oxygen atoms in total. The Hall–Kier alpha value is -2.63. The van der Waals surface area contributed by atoms with Gasteiger partial charge in [0, 0.05) is 17.0 Å². The fourth-order valence-electron chi connectivity index (χ4n) is 3.64. The van der Waals surface area contributed by atoms with E-state index < -0.39 is 0 Å². The van der Waals surface area contributed by atoms with E-state index >= 15 is 0 Å². The average molecular weight is 394 g/mol. The lowest BCUT2D eigenvalue weighted by atomic mass is 10.1. The molecule has 0 radical (unpaired) electrons. The van der Waals surface area contributed by atoms with Crippen LogP contribution in [0.25, 0.3) is 22.3 Å². The van der Waals surface area contributed by atoms with Gasteiger partial charge in [-0.15, -0.1) is 0 Å². The number of hydrogen-bond donors (Lipinski definition) is 1. The molecule has 29 heavy (non-hydrogen) atoms. The predicted octanol–water partition coefficient (Wildman–Crippen LogP) is 2.62. The Kier molecular flexibility index (Phi) is 6.27. The van der Waals surface area contributed by atoms with Crippen LogP contribution in [0, 0.1) is 6.92 Å². The van der Waals surface area contributed by atoms with Crippen molar-refractivity contribution in [1.82, 2.24) is 0 Å². The minimum atomic E-state index is 0.636. The Morgan fingerprint density at radius 2 is 1.83 bits per heavy atom. The van der Waals surface area contributed by atoms with Gasteiger partial charge in [-0.2, -0.15) is 0 Å². The van der Waals surface area contributed by atoms with Crippen LogP contribution in [0.1, 0.15) is 12.5 Å². The van der Waals surface area contributed by atoms with Gasteiger partial charge in [-0.3, -0.25) is 4.99 Å². The first kappa shape index (κ1) is 19.7. The Labute approximate surface area is 171 Å². The first-order valence-electron chi connectivity index (χ1n) is 10.4. The Balaban J connectivity index is 1.71. The van der Waals surface area contributed by atoms with Crippen molar-refractivity contribution in [3.8, 4) is 17.1 Å². The summed E-state index contributed by atoms with van der Waals surface area (Å²) in [4.78, 5) is 6.51. The fraction of sp³-hybridized carbons (Fsp3) is 0.375. The summed E-state index contributed by atoms with van der Waals surface area (Å²) in [5.41, 5.74) is 3.11. The molecule has 2 heterocycles. The zero-order valence-corrected chi connectivity index (χ0v) is 17.2. The van der Waals surface area contributed by atoms with Gasteiger partial charge in [0.1, 0.15) is 30.2 Å². The maximum Gasteiger partial charge on any atom is 0.137 e. The van der Waals surface area contributed by atoms with Gasteiger partial charge in [0.05, 0.1) is 38.3 Å². The van der Waals surface area contributed by atoms with Crippen LogP contribution >= 0.6 is 0 Å². The molecule has 2 aromatic carbocycles. The maximum atomic E-state index is 6.22. The van der Waals surface area contributed by atoms with Crippen LogP contribution in [-0.4, -0.2) is 46.0 Å². The number of aryl methyl sites for hydroxylation is 1. The number of ether oxygens (including phenoxy) is 2. The SMILES string of the molecule is CCOc1ccc2oc(-c3ccc(C)cc3)cc(=NCC[NH+]3CCOCC3)c2c1. The summed E-state index contributed by atoms with van der Waals surface area (Å²) < 4.78 is 17.4. The van der Waals surface area contributed by atoms with Crippen LogP contribution < -0.4 is 15.0 Å². The number of benzene rings is 2. The average Bonchev–Trinajstić information content (AvgIpc) is 2.75. The van der Waals surface area contributed by atoms with Crippen molar-refractivity contribution in [2.24, 2.45) is 4.99 Å². The summed E-state index contributed by atoms with van der Waals surface area (Å²) in [7, 11) is 0. The second-order valence-electron chi connectivity index (χ2n) is 7.45. The number of nitrogens with one attached hydrogen (secondary N) is 1. The third kappa shape index (κ3) is 4.86. The number of hydrogen-bond acceptors (Lipinski definition) is 4. The lowest BCUT2D eigenvalue weighted by Gasteiger charge is -2.22. The van der Waals surface area contributed by atoms with Gasteiger partial charge in [0.15, 0.2) is 0 Å². The van der Waals surface area contributed by atoms with Gasteiger partial charge in [-0.1, -0.05) is 29.8 Å². The number of quaternary nitrogens is 1. The monoisotopic (exact) mass is 393 g/mol. The molecule has 1 saturated heterocycles. The Morgan fingerprint density at radius 3 is 2.59 bits per heavy atom. The zero-order valence-electron chi connectivity index (χ0n) is 17.2. The van der Waals surface area contributed by atoms with E-state index in [-0.39, 0.29) is 0 Å². The summed E-state index contributed by atoms with van der Waals surface area (Å²) in [5.74, 6) is 1.67. The molecule has 1 aromatic heterocycles. The van der Waals surface area contributed by atoms with Crippen molar-refractivity contribution in [3.63, 3.8) is 0 Å². The zero-order chi connectivity index (χ0) is 20.1.